The Morgan fingerprint density at radius 1 is 1.36 bits per heavy atom. The van der Waals surface area contributed by atoms with Crippen LogP contribution in [0.15, 0.2) is 10.2 Å². The molecule has 4 N–H and O–H groups in total. The molecule has 80 valence electrons. The third-order valence-corrected chi connectivity index (χ3v) is 2.41. The molecule has 0 spiro atoms. The smallest absolute Gasteiger partial charge is 0.211 e. The summed E-state index contributed by atoms with van der Waals surface area (Å²) in [4.78, 5) is 2.41. The van der Waals surface area contributed by atoms with Gasteiger partial charge in [-0.15, -0.1) is 5.10 Å². The lowest BCUT2D eigenvalue weighted by atomic mass is 10.2. The molecule has 1 rings (SSSR count). The fraction of sp³-hybridized carbons (Fsp3) is 0.778. The van der Waals surface area contributed by atoms with Crippen LogP contribution in [0.2, 0.25) is 0 Å². The first kappa shape index (κ1) is 11.0. The Kier molecular flexibility index (Phi) is 4.39. The van der Waals surface area contributed by atoms with Gasteiger partial charge in [-0.05, 0) is 25.9 Å². The first-order valence-electron chi connectivity index (χ1n) is 5.09. The molecule has 1 aliphatic rings. The monoisotopic (exact) mass is 197 g/mol. The maximum absolute atomic E-state index is 5.21. The normalized spacial score (nSPS) is 21.9. The number of hydrogen-bond acceptors (Lipinski definition) is 3. The lowest BCUT2D eigenvalue weighted by Crippen LogP contribution is -2.24. The number of rotatable bonds is 2. The molecular weight excluding hydrogens is 178 g/mol. The molecule has 0 aromatic carbocycles. The zero-order chi connectivity index (χ0) is 10.4. The minimum absolute atomic E-state index is 0.0362. The van der Waals surface area contributed by atoms with Crippen LogP contribution in [0, 0.1) is 0 Å². The van der Waals surface area contributed by atoms with Gasteiger partial charge in [-0.1, -0.05) is 6.92 Å². The van der Waals surface area contributed by atoms with Crippen LogP contribution in [-0.2, 0) is 0 Å². The molecule has 0 atom stereocenters. The molecule has 0 amide bonds. The molecule has 0 aromatic rings. The van der Waals surface area contributed by atoms with Crippen LogP contribution in [-0.4, -0.2) is 36.2 Å². The van der Waals surface area contributed by atoms with Crippen molar-refractivity contribution in [2.24, 2.45) is 21.7 Å². The van der Waals surface area contributed by atoms with Crippen molar-refractivity contribution in [2.45, 2.75) is 26.2 Å². The molecule has 1 heterocycles. The standard InChI is InChI=1S/C9H19N5/c1-2-14-6-3-4-8(5-7-14)12-13-9(10)11/h2-7H2,1H3,(H4,10,11,13)/b12-8+. The molecule has 0 saturated carbocycles. The SMILES string of the molecule is CCN1CCC/C(=N\N=C(N)N)CC1. The summed E-state index contributed by atoms with van der Waals surface area (Å²) in [6.07, 6.45) is 3.13. The third kappa shape index (κ3) is 3.74. The Bertz CT molecular complexity index is 229. The van der Waals surface area contributed by atoms with E-state index in [2.05, 4.69) is 22.0 Å². The third-order valence-electron chi connectivity index (χ3n) is 2.41. The molecule has 5 nitrogen and oxygen atoms in total. The van der Waals surface area contributed by atoms with Crippen molar-refractivity contribution in [2.75, 3.05) is 19.6 Å². The topological polar surface area (TPSA) is 80.0 Å². The Morgan fingerprint density at radius 2 is 2.14 bits per heavy atom. The maximum atomic E-state index is 5.21. The Hall–Kier alpha value is -1.10. The number of likely N-dealkylation sites (tertiary alicyclic amines) is 1. The van der Waals surface area contributed by atoms with Crippen LogP contribution >= 0.6 is 0 Å². The molecule has 14 heavy (non-hydrogen) atoms. The van der Waals surface area contributed by atoms with E-state index < -0.39 is 0 Å². The molecule has 0 radical (unpaired) electrons. The first-order valence-corrected chi connectivity index (χ1v) is 5.09. The number of nitrogens with zero attached hydrogens (tertiary/aromatic N) is 3. The van der Waals surface area contributed by atoms with E-state index in [1.54, 1.807) is 0 Å². The molecule has 1 saturated heterocycles. The van der Waals surface area contributed by atoms with Gasteiger partial charge in [-0.3, -0.25) is 0 Å². The lowest BCUT2D eigenvalue weighted by molar-refractivity contribution is 0.303. The first-order chi connectivity index (χ1) is 6.72. The van der Waals surface area contributed by atoms with E-state index in [1.807, 2.05) is 0 Å². The second-order valence-corrected chi connectivity index (χ2v) is 3.48. The highest BCUT2D eigenvalue weighted by molar-refractivity contribution is 5.86. The van der Waals surface area contributed by atoms with Crippen LogP contribution in [0.25, 0.3) is 0 Å². The van der Waals surface area contributed by atoms with Gasteiger partial charge in [-0.25, -0.2) is 0 Å². The summed E-state index contributed by atoms with van der Waals surface area (Å²) in [5.41, 5.74) is 11.5. The highest BCUT2D eigenvalue weighted by atomic mass is 15.3. The van der Waals surface area contributed by atoms with Crippen molar-refractivity contribution in [3.63, 3.8) is 0 Å². The van der Waals surface area contributed by atoms with Crippen LogP contribution in [0.5, 0.6) is 0 Å². The quantitative estimate of drug-likeness (QED) is 0.375. The maximum Gasteiger partial charge on any atom is 0.211 e. The molecule has 0 aliphatic carbocycles. The summed E-state index contributed by atoms with van der Waals surface area (Å²) in [7, 11) is 0. The fourth-order valence-electron chi connectivity index (χ4n) is 1.58. The van der Waals surface area contributed by atoms with Crippen LogP contribution < -0.4 is 11.5 Å². The molecule has 0 bridgehead atoms. The summed E-state index contributed by atoms with van der Waals surface area (Å²) < 4.78 is 0. The largest absolute Gasteiger partial charge is 0.369 e. The summed E-state index contributed by atoms with van der Waals surface area (Å²) >= 11 is 0. The molecule has 1 aliphatic heterocycles. The Balaban J connectivity index is 2.49. The van der Waals surface area contributed by atoms with E-state index in [-0.39, 0.29) is 5.96 Å². The van der Waals surface area contributed by atoms with E-state index in [0.717, 1.165) is 44.6 Å². The molecule has 0 unspecified atom stereocenters. The minimum atomic E-state index is 0.0362. The van der Waals surface area contributed by atoms with Crippen molar-refractivity contribution >= 4 is 11.7 Å². The van der Waals surface area contributed by atoms with Crippen LogP contribution in [0.3, 0.4) is 0 Å². The number of guanidine groups is 1. The minimum Gasteiger partial charge on any atom is -0.369 e. The molecule has 1 fully saturated rings. The summed E-state index contributed by atoms with van der Waals surface area (Å²) in [5.74, 6) is 0.0362. The molecule has 0 aromatic heterocycles. The van der Waals surface area contributed by atoms with Crippen molar-refractivity contribution in [1.29, 1.82) is 0 Å². The highest BCUT2D eigenvalue weighted by Gasteiger charge is 2.10. The van der Waals surface area contributed by atoms with Crippen molar-refractivity contribution < 1.29 is 0 Å². The molecule has 5 heteroatoms. The average molecular weight is 197 g/mol. The summed E-state index contributed by atoms with van der Waals surface area (Å²) in [5, 5.41) is 7.72. The van der Waals surface area contributed by atoms with E-state index in [0.29, 0.717) is 0 Å². The fourth-order valence-corrected chi connectivity index (χ4v) is 1.58. The predicted octanol–water partition coefficient (Wildman–Crippen LogP) is 0.122. The highest BCUT2D eigenvalue weighted by Crippen LogP contribution is 2.08. The van der Waals surface area contributed by atoms with Crippen molar-refractivity contribution in [3.05, 3.63) is 0 Å². The van der Waals surface area contributed by atoms with Gasteiger partial charge in [0.05, 0.1) is 0 Å². The summed E-state index contributed by atoms with van der Waals surface area (Å²) in [6.45, 7) is 5.50. The van der Waals surface area contributed by atoms with Crippen LogP contribution in [0.4, 0.5) is 0 Å². The zero-order valence-corrected chi connectivity index (χ0v) is 8.74. The van der Waals surface area contributed by atoms with Gasteiger partial charge in [0.1, 0.15) is 0 Å². The van der Waals surface area contributed by atoms with E-state index in [4.69, 9.17) is 11.5 Å². The zero-order valence-electron chi connectivity index (χ0n) is 8.74. The van der Waals surface area contributed by atoms with Gasteiger partial charge >= 0.3 is 0 Å². The van der Waals surface area contributed by atoms with E-state index in [9.17, 15) is 0 Å². The van der Waals surface area contributed by atoms with Crippen molar-refractivity contribution in [3.8, 4) is 0 Å². The summed E-state index contributed by atoms with van der Waals surface area (Å²) in [6, 6.07) is 0. The lowest BCUT2D eigenvalue weighted by Gasteiger charge is -2.15. The van der Waals surface area contributed by atoms with Gasteiger partial charge in [0, 0.05) is 18.7 Å². The second kappa shape index (κ2) is 5.59. The number of hydrogen-bond donors (Lipinski definition) is 2. The van der Waals surface area contributed by atoms with E-state index >= 15 is 0 Å². The van der Waals surface area contributed by atoms with Gasteiger partial charge < -0.3 is 16.4 Å². The number of nitrogens with two attached hydrogens (primary N) is 2. The Morgan fingerprint density at radius 3 is 2.79 bits per heavy atom. The van der Waals surface area contributed by atoms with Gasteiger partial charge in [-0.2, -0.15) is 5.10 Å². The van der Waals surface area contributed by atoms with Crippen LogP contribution in [0.1, 0.15) is 26.2 Å². The van der Waals surface area contributed by atoms with Gasteiger partial charge in [0.25, 0.3) is 0 Å². The van der Waals surface area contributed by atoms with Crippen molar-refractivity contribution in [1.82, 2.24) is 4.90 Å². The average Bonchev–Trinajstić information content (AvgIpc) is 2.39. The predicted molar refractivity (Wildman–Crippen MR) is 59.2 cm³/mol. The van der Waals surface area contributed by atoms with E-state index in [1.165, 1.54) is 0 Å². The molecular formula is C9H19N5. The van der Waals surface area contributed by atoms with Gasteiger partial charge in [0.2, 0.25) is 5.96 Å². The second-order valence-electron chi connectivity index (χ2n) is 3.48. The van der Waals surface area contributed by atoms with Gasteiger partial charge in [0.15, 0.2) is 0 Å². The Labute approximate surface area is 84.9 Å².